The molecule has 0 amide bonds. The van der Waals surface area contributed by atoms with Gasteiger partial charge in [-0.05, 0) is 29.7 Å². The largest absolute Gasteiger partial charge is 0.373 e. The van der Waals surface area contributed by atoms with Crippen LogP contribution in [0.2, 0.25) is 0 Å². The minimum atomic E-state index is 0. The van der Waals surface area contributed by atoms with Gasteiger partial charge >= 0.3 is 0 Å². The summed E-state index contributed by atoms with van der Waals surface area (Å²) >= 11 is 0. The Morgan fingerprint density at radius 1 is 1.04 bits per heavy atom. The Labute approximate surface area is 168 Å². The van der Waals surface area contributed by atoms with E-state index in [4.69, 9.17) is 4.74 Å². The van der Waals surface area contributed by atoms with Crippen molar-refractivity contribution < 1.29 is 4.74 Å². The average molecular weight is 395 g/mol. The number of hydrogen-bond donors (Lipinski definition) is 1. The van der Waals surface area contributed by atoms with E-state index >= 15 is 0 Å². The van der Waals surface area contributed by atoms with E-state index in [1.54, 1.807) is 0 Å². The fourth-order valence-electron chi connectivity index (χ4n) is 4.07. The summed E-state index contributed by atoms with van der Waals surface area (Å²) in [6, 6.07) is 20.0. The van der Waals surface area contributed by atoms with Crippen molar-refractivity contribution in [1.29, 1.82) is 0 Å². The predicted molar refractivity (Wildman–Crippen MR) is 113 cm³/mol. The maximum atomic E-state index is 6.20. The number of para-hydroxylation sites is 1. The summed E-state index contributed by atoms with van der Waals surface area (Å²) in [6.07, 6.45) is 1.23. The van der Waals surface area contributed by atoms with Crippen LogP contribution in [0, 0.1) is 5.92 Å². The van der Waals surface area contributed by atoms with E-state index in [0.717, 1.165) is 32.7 Å². The monoisotopic (exact) mass is 394 g/mol. The second-order valence-corrected chi connectivity index (χ2v) is 6.94. The van der Waals surface area contributed by atoms with Crippen LogP contribution in [0.3, 0.4) is 0 Å². The van der Waals surface area contributed by atoms with Crippen molar-refractivity contribution >= 4 is 30.5 Å². The highest BCUT2D eigenvalue weighted by Gasteiger charge is 2.33. The molecule has 2 aromatic rings. The van der Waals surface area contributed by atoms with Gasteiger partial charge in [0.15, 0.2) is 0 Å². The summed E-state index contributed by atoms with van der Waals surface area (Å²) in [6.45, 7) is 6.29. The van der Waals surface area contributed by atoms with Crippen LogP contribution in [0.5, 0.6) is 0 Å². The van der Waals surface area contributed by atoms with Gasteiger partial charge in [-0.15, -0.1) is 24.8 Å². The molecule has 2 aliphatic rings. The molecule has 1 saturated heterocycles. The average Bonchev–Trinajstić information content (AvgIpc) is 2.68. The maximum Gasteiger partial charge on any atom is 0.0868 e. The molecule has 0 saturated carbocycles. The predicted octanol–water partition coefficient (Wildman–Crippen LogP) is 4.26. The minimum absolute atomic E-state index is 0. The molecule has 1 fully saturated rings. The van der Waals surface area contributed by atoms with Crippen LogP contribution in [-0.4, -0.2) is 32.3 Å². The first-order valence-electron chi connectivity index (χ1n) is 9.06. The van der Waals surface area contributed by atoms with Gasteiger partial charge in [-0.1, -0.05) is 49.4 Å². The van der Waals surface area contributed by atoms with Crippen LogP contribution in [0.4, 0.5) is 5.69 Å². The number of nitrogens with zero attached hydrogens (tertiary/aromatic N) is 1. The smallest absolute Gasteiger partial charge is 0.0868 e. The van der Waals surface area contributed by atoms with Crippen molar-refractivity contribution in [1.82, 2.24) is 5.32 Å². The van der Waals surface area contributed by atoms with E-state index < -0.39 is 0 Å². The lowest BCUT2D eigenvalue weighted by molar-refractivity contribution is -0.00538. The summed E-state index contributed by atoms with van der Waals surface area (Å²) < 4.78 is 6.20. The number of ether oxygens (including phenoxy) is 1. The molecule has 2 aliphatic heterocycles. The molecular weight excluding hydrogens is 367 g/mol. The van der Waals surface area contributed by atoms with Crippen molar-refractivity contribution in [3.8, 4) is 0 Å². The lowest BCUT2D eigenvalue weighted by Crippen LogP contribution is -2.54. The summed E-state index contributed by atoms with van der Waals surface area (Å²) in [4.78, 5) is 2.49. The van der Waals surface area contributed by atoms with Gasteiger partial charge in [0.1, 0.15) is 0 Å². The Bertz CT molecular complexity index is 683. The van der Waals surface area contributed by atoms with E-state index in [9.17, 15) is 0 Å². The Hall–Kier alpha value is -1.26. The minimum Gasteiger partial charge on any atom is -0.373 e. The summed E-state index contributed by atoms with van der Waals surface area (Å²) in [5.41, 5.74) is 4.16. The molecule has 5 heteroatoms. The lowest BCUT2D eigenvalue weighted by atomic mass is 9.85. The van der Waals surface area contributed by atoms with Crippen molar-refractivity contribution in [2.75, 3.05) is 31.1 Å². The quantitative estimate of drug-likeness (QED) is 0.841. The molecule has 0 radical (unpaired) electrons. The third-order valence-corrected chi connectivity index (χ3v) is 5.47. The van der Waals surface area contributed by atoms with Gasteiger partial charge in [0.25, 0.3) is 0 Å². The highest BCUT2D eigenvalue weighted by atomic mass is 35.5. The first-order chi connectivity index (χ1) is 11.8. The molecule has 4 rings (SSSR count). The van der Waals surface area contributed by atoms with E-state index in [0.29, 0.717) is 12.0 Å². The van der Waals surface area contributed by atoms with E-state index in [2.05, 4.69) is 71.7 Å². The molecule has 2 aromatic carbocycles. The first kappa shape index (κ1) is 21.0. The van der Waals surface area contributed by atoms with Crippen LogP contribution in [-0.2, 0) is 11.2 Å². The maximum absolute atomic E-state index is 6.20. The zero-order valence-corrected chi connectivity index (χ0v) is 16.8. The van der Waals surface area contributed by atoms with E-state index in [-0.39, 0.29) is 30.9 Å². The second kappa shape index (κ2) is 9.61. The van der Waals surface area contributed by atoms with Crippen LogP contribution in [0.1, 0.15) is 24.2 Å². The summed E-state index contributed by atoms with van der Waals surface area (Å²) in [7, 11) is 0. The highest BCUT2D eigenvalue weighted by Crippen LogP contribution is 2.35. The van der Waals surface area contributed by atoms with Crippen molar-refractivity contribution in [3.63, 3.8) is 0 Å². The zero-order chi connectivity index (χ0) is 16.4. The molecule has 3 atom stereocenters. The Kier molecular flexibility index (Phi) is 7.78. The fraction of sp³-hybridized carbons (Fsp3) is 0.429. The number of rotatable bonds is 3. The van der Waals surface area contributed by atoms with Gasteiger partial charge in [-0.2, -0.15) is 0 Å². The van der Waals surface area contributed by atoms with Crippen molar-refractivity contribution in [2.45, 2.75) is 25.5 Å². The number of benzene rings is 2. The van der Waals surface area contributed by atoms with Gasteiger partial charge in [-0.3, -0.25) is 0 Å². The number of fused-ring (bicyclic) bond motifs is 1. The first-order valence-corrected chi connectivity index (χ1v) is 9.06. The molecule has 1 N–H and O–H groups in total. The standard InChI is InChI=1S/C21H26N2O.2ClH/c1-16(21-19-10-6-5-7-17(19)11-14-24-21)20-15-23(13-12-22-20)18-8-3-2-4-9-18;;/h2-10,16,20-22H,11-15H2,1H3;2*1H. The van der Waals surface area contributed by atoms with Crippen LogP contribution < -0.4 is 10.2 Å². The van der Waals surface area contributed by atoms with E-state index in [1.807, 2.05) is 0 Å². The topological polar surface area (TPSA) is 24.5 Å². The summed E-state index contributed by atoms with van der Waals surface area (Å²) in [5, 5.41) is 3.73. The van der Waals surface area contributed by atoms with Crippen molar-refractivity contribution in [2.24, 2.45) is 5.92 Å². The van der Waals surface area contributed by atoms with Gasteiger partial charge < -0.3 is 15.0 Å². The number of halogens is 2. The Morgan fingerprint density at radius 2 is 1.77 bits per heavy atom. The molecule has 0 spiro atoms. The van der Waals surface area contributed by atoms with Gasteiger partial charge in [-0.25, -0.2) is 0 Å². The number of nitrogens with one attached hydrogen (secondary N) is 1. The molecule has 3 unspecified atom stereocenters. The highest BCUT2D eigenvalue weighted by molar-refractivity contribution is 5.85. The third-order valence-electron chi connectivity index (χ3n) is 5.47. The summed E-state index contributed by atoms with van der Waals surface area (Å²) in [5.74, 6) is 0.443. The number of hydrogen-bond acceptors (Lipinski definition) is 3. The molecule has 0 bridgehead atoms. The Morgan fingerprint density at radius 3 is 2.58 bits per heavy atom. The van der Waals surface area contributed by atoms with Gasteiger partial charge in [0.2, 0.25) is 0 Å². The zero-order valence-electron chi connectivity index (χ0n) is 15.1. The van der Waals surface area contributed by atoms with Crippen LogP contribution in [0.25, 0.3) is 0 Å². The molecule has 142 valence electrons. The second-order valence-electron chi connectivity index (χ2n) is 6.94. The molecule has 2 heterocycles. The molecule has 3 nitrogen and oxygen atoms in total. The van der Waals surface area contributed by atoms with Gasteiger partial charge in [0, 0.05) is 37.3 Å². The van der Waals surface area contributed by atoms with Gasteiger partial charge in [0.05, 0.1) is 12.7 Å². The van der Waals surface area contributed by atoms with Crippen LogP contribution in [0.15, 0.2) is 54.6 Å². The number of anilines is 1. The lowest BCUT2D eigenvalue weighted by Gasteiger charge is -2.41. The van der Waals surface area contributed by atoms with E-state index in [1.165, 1.54) is 16.8 Å². The molecule has 0 aromatic heterocycles. The number of piperazine rings is 1. The van der Waals surface area contributed by atoms with Crippen LogP contribution >= 0.6 is 24.8 Å². The Balaban J connectivity index is 0.00000121. The third kappa shape index (κ3) is 4.34. The molecular formula is C21H28Cl2N2O. The fourth-order valence-corrected chi connectivity index (χ4v) is 4.07. The normalized spacial score (nSPS) is 23.2. The molecule has 0 aliphatic carbocycles. The SMILES string of the molecule is CC(C1CN(c2ccccc2)CCN1)C1OCCc2ccccc21.Cl.Cl. The van der Waals surface area contributed by atoms with Crippen molar-refractivity contribution in [3.05, 3.63) is 65.7 Å². The molecule has 26 heavy (non-hydrogen) atoms.